The molecule has 0 radical (unpaired) electrons. The van der Waals surface area contributed by atoms with Gasteiger partial charge in [-0.25, -0.2) is 0 Å². The molecule has 6 heteroatoms. The van der Waals surface area contributed by atoms with E-state index in [1.54, 1.807) is 12.1 Å². The van der Waals surface area contributed by atoms with Crippen LogP contribution in [0, 0.1) is 16.0 Å². The second-order valence-electron chi connectivity index (χ2n) is 5.82. The Labute approximate surface area is 124 Å². The van der Waals surface area contributed by atoms with E-state index >= 15 is 0 Å². The van der Waals surface area contributed by atoms with Crippen molar-refractivity contribution in [2.75, 3.05) is 24.6 Å². The maximum absolute atomic E-state index is 11.2. The van der Waals surface area contributed by atoms with Gasteiger partial charge in [0.05, 0.1) is 17.6 Å². The molecule has 0 spiro atoms. The first kappa shape index (κ1) is 15.7. The van der Waals surface area contributed by atoms with E-state index in [0.29, 0.717) is 30.3 Å². The molecule has 1 aliphatic rings. The van der Waals surface area contributed by atoms with E-state index < -0.39 is 0 Å². The zero-order chi connectivity index (χ0) is 15.4. The first-order chi connectivity index (χ1) is 10.0. The Morgan fingerprint density at radius 3 is 2.90 bits per heavy atom. The fraction of sp³-hybridized carbons (Fsp3) is 0.600. The van der Waals surface area contributed by atoms with Crippen molar-refractivity contribution < 1.29 is 14.8 Å². The molecule has 1 saturated heterocycles. The van der Waals surface area contributed by atoms with Gasteiger partial charge in [-0.15, -0.1) is 0 Å². The van der Waals surface area contributed by atoms with Crippen LogP contribution in [-0.4, -0.2) is 35.8 Å². The van der Waals surface area contributed by atoms with Gasteiger partial charge in [-0.3, -0.25) is 10.1 Å². The third-order valence-electron chi connectivity index (χ3n) is 3.57. The van der Waals surface area contributed by atoms with E-state index in [2.05, 4.69) is 13.8 Å². The number of anilines is 1. The molecule has 1 aliphatic heterocycles. The van der Waals surface area contributed by atoms with Crippen LogP contribution in [0.25, 0.3) is 0 Å². The summed E-state index contributed by atoms with van der Waals surface area (Å²) in [4.78, 5) is 12.8. The summed E-state index contributed by atoms with van der Waals surface area (Å²) >= 11 is 0. The maximum Gasteiger partial charge on any atom is 0.292 e. The monoisotopic (exact) mass is 294 g/mol. The highest BCUT2D eigenvalue weighted by Gasteiger charge is 2.28. The third kappa shape index (κ3) is 3.92. The van der Waals surface area contributed by atoms with Gasteiger partial charge in [0.15, 0.2) is 0 Å². The number of aliphatic hydroxyl groups excluding tert-OH is 1. The summed E-state index contributed by atoms with van der Waals surface area (Å²) in [6.45, 7) is 6.18. The number of hydrogen-bond acceptors (Lipinski definition) is 5. The molecule has 0 bridgehead atoms. The van der Waals surface area contributed by atoms with Gasteiger partial charge < -0.3 is 14.7 Å². The van der Waals surface area contributed by atoms with Crippen molar-refractivity contribution in [3.05, 3.63) is 33.9 Å². The summed E-state index contributed by atoms with van der Waals surface area (Å²) < 4.78 is 5.81. The molecule has 0 aliphatic carbocycles. The molecule has 0 amide bonds. The quantitative estimate of drug-likeness (QED) is 0.643. The van der Waals surface area contributed by atoms with Crippen LogP contribution in [0.1, 0.15) is 25.8 Å². The Morgan fingerprint density at radius 2 is 2.29 bits per heavy atom. The average molecular weight is 294 g/mol. The highest BCUT2D eigenvalue weighted by atomic mass is 16.6. The van der Waals surface area contributed by atoms with Crippen molar-refractivity contribution >= 4 is 11.4 Å². The lowest BCUT2D eigenvalue weighted by Crippen LogP contribution is -2.24. The van der Waals surface area contributed by atoms with Crippen molar-refractivity contribution in [2.24, 2.45) is 5.92 Å². The summed E-state index contributed by atoms with van der Waals surface area (Å²) in [5, 5.41) is 20.4. The molecule has 21 heavy (non-hydrogen) atoms. The third-order valence-corrected chi connectivity index (χ3v) is 3.57. The van der Waals surface area contributed by atoms with Gasteiger partial charge in [0.2, 0.25) is 0 Å². The lowest BCUT2D eigenvalue weighted by atomic mass is 10.1. The molecule has 1 N–H and O–H groups in total. The van der Waals surface area contributed by atoms with Crippen molar-refractivity contribution in [1.82, 2.24) is 0 Å². The lowest BCUT2D eigenvalue weighted by molar-refractivity contribution is -0.384. The standard InChI is InChI=1S/C15H22N2O4/c1-11(2)10-21-13-5-6-16(8-13)15-7-12(9-18)3-4-14(15)17(19)20/h3-4,7,11,13,18H,5-6,8-10H2,1-2H3. The fourth-order valence-electron chi connectivity index (χ4n) is 2.49. The lowest BCUT2D eigenvalue weighted by Gasteiger charge is -2.19. The molecular weight excluding hydrogens is 272 g/mol. The van der Waals surface area contributed by atoms with E-state index in [9.17, 15) is 15.2 Å². The van der Waals surface area contributed by atoms with Crippen molar-refractivity contribution in [3.8, 4) is 0 Å². The van der Waals surface area contributed by atoms with Crippen LogP contribution in [0.3, 0.4) is 0 Å². The van der Waals surface area contributed by atoms with Crippen molar-refractivity contribution in [2.45, 2.75) is 33.0 Å². The first-order valence-corrected chi connectivity index (χ1v) is 7.26. The molecule has 2 rings (SSSR count). The number of aliphatic hydroxyl groups is 1. The summed E-state index contributed by atoms with van der Waals surface area (Å²) in [6.07, 6.45) is 0.984. The van der Waals surface area contributed by atoms with Gasteiger partial charge in [-0.05, 0) is 30.0 Å². The van der Waals surface area contributed by atoms with Gasteiger partial charge in [0.1, 0.15) is 5.69 Å². The SMILES string of the molecule is CC(C)COC1CCN(c2cc(CO)ccc2[N+](=O)[O-])C1. The molecule has 6 nitrogen and oxygen atoms in total. The van der Waals surface area contributed by atoms with Crippen LogP contribution in [0.4, 0.5) is 11.4 Å². The van der Waals surface area contributed by atoms with Gasteiger partial charge in [0.25, 0.3) is 5.69 Å². The van der Waals surface area contributed by atoms with Crippen molar-refractivity contribution in [3.63, 3.8) is 0 Å². The number of hydrogen-bond donors (Lipinski definition) is 1. The Bertz CT molecular complexity index is 504. The van der Waals surface area contributed by atoms with E-state index in [4.69, 9.17) is 4.74 Å². The minimum absolute atomic E-state index is 0.0803. The second kappa shape index (κ2) is 6.87. The Morgan fingerprint density at radius 1 is 1.52 bits per heavy atom. The van der Waals surface area contributed by atoms with Crippen LogP contribution in [0.5, 0.6) is 0 Å². The highest BCUT2D eigenvalue weighted by Crippen LogP contribution is 2.32. The van der Waals surface area contributed by atoms with E-state index in [1.165, 1.54) is 6.07 Å². The minimum Gasteiger partial charge on any atom is -0.392 e. The molecular formula is C15H22N2O4. The molecule has 1 unspecified atom stereocenters. The Hall–Kier alpha value is -1.66. The van der Waals surface area contributed by atoms with Gasteiger partial charge >= 0.3 is 0 Å². The van der Waals surface area contributed by atoms with E-state index in [1.807, 2.05) is 4.90 Å². The molecule has 1 atom stereocenters. The normalized spacial score (nSPS) is 18.5. The number of nitrogens with zero attached hydrogens (tertiary/aromatic N) is 2. The van der Waals surface area contributed by atoms with Crippen LogP contribution >= 0.6 is 0 Å². The second-order valence-corrected chi connectivity index (χ2v) is 5.82. The van der Waals surface area contributed by atoms with Crippen molar-refractivity contribution in [1.29, 1.82) is 0 Å². The van der Waals surface area contributed by atoms with Crippen LogP contribution < -0.4 is 4.90 Å². The van der Waals surface area contributed by atoms with Crippen LogP contribution in [0.2, 0.25) is 0 Å². The fourth-order valence-corrected chi connectivity index (χ4v) is 2.49. The minimum atomic E-state index is -0.376. The predicted octanol–water partition coefficient (Wildman–Crippen LogP) is 2.34. The summed E-state index contributed by atoms with van der Waals surface area (Å²) in [7, 11) is 0. The first-order valence-electron chi connectivity index (χ1n) is 7.26. The molecule has 0 saturated carbocycles. The zero-order valence-corrected chi connectivity index (χ0v) is 12.5. The molecule has 1 fully saturated rings. The largest absolute Gasteiger partial charge is 0.392 e. The highest BCUT2D eigenvalue weighted by molar-refractivity contribution is 5.65. The van der Waals surface area contributed by atoms with E-state index in [-0.39, 0.29) is 23.3 Å². The maximum atomic E-state index is 11.2. The number of nitro benzene ring substituents is 1. The van der Waals surface area contributed by atoms with Crippen LogP contribution in [0.15, 0.2) is 18.2 Å². The molecule has 116 valence electrons. The number of nitro groups is 1. The van der Waals surface area contributed by atoms with Crippen LogP contribution in [-0.2, 0) is 11.3 Å². The topological polar surface area (TPSA) is 75.8 Å². The van der Waals surface area contributed by atoms with Gasteiger partial charge in [-0.2, -0.15) is 0 Å². The Kier molecular flexibility index (Phi) is 5.14. The average Bonchev–Trinajstić information content (AvgIpc) is 2.93. The number of ether oxygens (including phenoxy) is 1. The molecule has 1 aromatic carbocycles. The summed E-state index contributed by atoms with van der Waals surface area (Å²) in [5.74, 6) is 0.478. The molecule has 1 heterocycles. The smallest absolute Gasteiger partial charge is 0.292 e. The van der Waals surface area contributed by atoms with Gasteiger partial charge in [0, 0.05) is 25.8 Å². The molecule has 0 aromatic heterocycles. The van der Waals surface area contributed by atoms with Gasteiger partial charge in [-0.1, -0.05) is 13.8 Å². The number of rotatable bonds is 6. The summed E-state index contributed by atoms with van der Waals surface area (Å²) in [6, 6.07) is 4.75. The van der Waals surface area contributed by atoms with E-state index in [0.717, 1.165) is 13.0 Å². The Balaban J connectivity index is 2.12. The number of benzene rings is 1. The summed E-state index contributed by atoms with van der Waals surface area (Å²) in [5.41, 5.74) is 1.33. The molecule has 1 aromatic rings. The predicted molar refractivity (Wildman–Crippen MR) is 80.4 cm³/mol. The zero-order valence-electron chi connectivity index (χ0n) is 12.5.